The molecule has 0 amide bonds. The van der Waals surface area contributed by atoms with Crippen LogP contribution >= 0.6 is 0 Å². The summed E-state index contributed by atoms with van der Waals surface area (Å²) < 4.78 is 0. The Bertz CT molecular complexity index is 660. The first kappa shape index (κ1) is 11.9. The summed E-state index contributed by atoms with van der Waals surface area (Å²) in [6.45, 7) is 1.97. The van der Waals surface area contributed by atoms with Gasteiger partial charge in [-0.25, -0.2) is 9.97 Å². The van der Waals surface area contributed by atoms with Gasteiger partial charge < -0.3 is 10.1 Å². The minimum absolute atomic E-state index is 0.1000. The van der Waals surface area contributed by atoms with Gasteiger partial charge >= 0.3 is 5.97 Å². The zero-order chi connectivity index (χ0) is 13.4. The molecule has 0 aliphatic heterocycles. The number of hydrogen-bond donors (Lipinski definition) is 2. The highest BCUT2D eigenvalue weighted by molar-refractivity contribution is 5.74. The number of nitrogens with zero attached hydrogens (tertiary/aromatic N) is 2. The van der Waals surface area contributed by atoms with E-state index in [-0.39, 0.29) is 5.92 Å². The lowest BCUT2D eigenvalue weighted by molar-refractivity contribution is -0.142. The SMILES string of the molecule is Cc1cnc2nc([C@@H]3CC=CC[C@@H]3C(=O)O)[nH]c2c1. The number of rotatable bonds is 2. The number of H-pyrrole nitrogens is 1. The molecule has 0 unspecified atom stereocenters. The summed E-state index contributed by atoms with van der Waals surface area (Å²) >= 11 is 0. The molecule has 5 nitrogen and oxygen atoms in total. The molecule has 0 radical (unpaired) electrons. The summed E-state index contributed by atoms with van der Waals surface area (Å²) in [5.41, 5.74) is 2.58. The number of imidazole rings is 1. The normalized spacial score (nSPS) is 22.8. The van der Waals surface area contributed by atoms with Gasteiger partial charge in [-0.1, -0.05) is 12.2 Å². The number of aromatic amines is 1. The molecule has 1 aliphatic rings. The van der Waals surface area contributed by atoms with Crippen LogP contribution in [0.15, 0.2) is 24.4 Å². The van der Waals surface area contributed by atoms with Gasteiger partial charge in [-0.05, 0) is 31.4 Å². The number of aliphatic carboxylic acids is 1. The predicted molar refractivity (Wildman–Crippen MR) is 70.9 cm³/mol. The first-order valence-corrected chi connectivity index (χ1v) is 6.35. The average Bonchev–Trinajstić information content (AvgIpc) is 2.81. The number of hydrogen-bond acceptors (Lipinski definition) is 3. The van der Waals surface area contributed by atoms with E-state index >= 15 is 0 Å². The number of carboxylic acid groups (broad SMARTS) is 1. The van der Waals surface area contributed by atoms with Crippen LogP contribution < -0.4 is 0 Å². The largest absolute Gasteiger partial charge is 0.481 e. The van der Waals surface area contributed by atoms with E-state index in [1.807, 2.05) is 25.1 Å². The van der Waals surface area contributed by atoms with Gasteiger partial charge in [0.15, 0.2) is 5.65 Å². The van der Waals surface area contributed by atoms with Gasteiger partial charge in [0.25, 0.3) is 0 Å². The van der Waals surface area contributed by atoms with E-state index in [4.69, 9.17) is 0 Å². The molecule has 2 heterocycles. The molecular formula is C14H15N3O2. The van der Waals surface area contributed by atoms with Crippen molar-refractivity contribution in [3.8, 4) is 0 Å². The van der Waals surface area contributed by atoms with Gasteiger partial charge in [0.2, 0.25) is 0 Å². The smallest absolute Gasteiger partial charge is 0.307 e. The highest BCUT2D eigenvalue weighted by Crippen LogP contribution is 2.33. The standard InChI is InChI=1S/C14H15N3O2/c1-8-6-11-13(15-7-8)17-12(16-11)9-4-2-3-5-10(9)14(18)19/h2-3,6-7,9-10H,4-5H2,1H3,(H,18,19)(H,15,16,17)/t9-,10+/m1/s1. The van der Waals surface area contributed by atoms with Crippen molar-refractivity contribution in [1.82, 2.24) is 15.0 Å². The maximum absolute atomic E-state index is 11.3. The second-order valence-corrected chi connectivity index (χ2v) is 5.00. The van der Waals surface area contributed by atoms with Crippen LogP contribution in [0, 0.1) is 12.8 Å². The Labute approximate surface area is 110 Å². The third kappa shape index (κ3) is 2.12. The predicted octanol–water partition coefficient (Wildman–Crippen LogP) is 2.40. The van der Waals surface area contributed by atoms with Crippen LogP contribution in [0.5, 0.6) is 0 Å². The minimum Gasteiger partial charge on any atom is -0.481 e. The molecule has 3 rings (SSSR count). The second kappa shape index (κ2) is 4.50. The Morgan fingerprint density at radius 3 is 3.00 bits per heavy atom. The first-order chi connectivity index (χ1) is 9.15. The Balaban J connectivity index is 2.02. The van der Waals surface area contributed by atoms with Crippen LogP contribution in [0.2, 0.25) is 0 Å². The van der Waals surface area contributed by atoms with Crippen LogP contribution in [0.25, 0.3) is 11.2 Å². The van der Waals surface area contributed by atoms with Gasteiger partial charge in [0.1, 0.15) is 5.82 Å². The fourth-order valence-electron chi connectivity index (χ4n) is 2.59. The third-order valence-electron chi connectivity index (χ3n) is 3.59. The number of allylic oxidation sites excluding steroid dienone is 2. The van der Waals surface area contributed by atoms with E-state index < -0.39 is 11.9 Å². The molecule has 1 aliphatic carbocycles. The molecule has 0 aromatic carbocycles. The number of carboxylic acids is 1. The molecular weight excluding hydrogens is 242 g/mol. The van der Waals surface area contributed by atoms with Crippen LogP contribution in [-0.4, -0.2) is 26.0 Å². The molecule has 0 saturated carbocycles. The van der Waals surface area contributed by atoms with Gasteiger partial charge in [-0.15, -0.1) is 0 Å². The molecule has 0 bridgehead atoms. The molecule has 2 atom stereocenters. The zero-order valence-corrected chi connectivity index (χ0v) is 10.6. The van der Waals surface area contributed by atoms with Gasteiger partial charge in [0, 0.05) is 12.1 Å². The van der Waals surface area contributed by atoms with Gasteiger partial charge in [0.05, 0.1) is 11.4 Å². The molecule has 0 saturated heterocycles. The monoisotopic (exact) mass is 257 g/mol. The molecule has 19 heavy (non-hydrogen) atoms. The topological polar surface area (TPSA) is 78.9 Å². The van der Waals surface area contributed by atoms with Crippen molar-refractivity contribution in [2.75, 3.05) is 0 Å². The quantitative estimate of drug-likeness (QED) is 0.810. The Hall–Kier alpha value is -2.17. The molecule has 0 fully saturated rings. The molecule has 98 valence electrons. The fraction of sp³-hybridized carbons (Fsp3) is 0.357. The van der Waals surface area contributed by atoms with Crippen molar-refractivity contribution in [2.24, 2.45) is 5.92 Å². The van der Waals surface area contributed by atoms with Crippen molar-refractivity contribution in [1.29, 1.82) is 0 Å². The summed E-state index contributed by atoms with van der Waals surface area (Å²) in [4.78, 5) is 23.2. The van der Waals surface area contributed by atoms with Crippen molar-refractivity contribution in [2.45, 2.75) is 25.7 Å². The number of nitrogens with one attached hydrogen (secondary N) is 1. The van der Waals surface area contributed by atoms with Crippen molar-refractivity contribution in [3.05, 3.63) is 35.8 Å². The van der Waals surface area contributed by atoms with E-state index in [1.54, 1.807) is 6.20 Å². The van der Waals surface area contributed by atoms with Crippen molar-refractivity contribution < 1.29 is 9.90 Å². The van der Waals surface area contributed by atoms with Crippen LogP contribution in [0.3, 0.4) is 0 Å². The van der Waals surface area contributed by atoms with E-state index in [2.05, 4.69) is 15.0 Å². The van der Waals surface area contributed by atoms with Gasteiger partial charge in [-0.2, -0.15) is 0 Å². The summed E-state index contributed by atoms with van der Waals surface area (Å²) in [7, 11) is 0. The highest BCUT2D eigenvalue weighted by atomic mass is 16.4. The molecule has 2 N–H and O–H groups in total. The fourth-order valence-corrected chi connectivity index (χ4v) is 2.59. The van der Waals surface area contributed by atoms with Crippen molar-refractivity contribution >= 4 is 17.1 Å². The lowest BCUT2D eigenvalue weighted by Crippen LogP contribution is -2.24. The molecule has 0 spiro atoms. The second-order valence-electron chi connectivity index (χ2n) is 5.00. The minimum atomic E-state index is -0.765. The van der Waals surface area contributed by atoms with E-state index in [9.17, 15) is 9.90 Å². The van der Waals surface area contributed by atoms with E-state index in [0.717, 1.165) is 16.9 Å². The van der Waals surface area contributed by atoms with E-state index in [0.29, 0.717) is 18.5 Å². The maximum atomic E-state index is 11.3. The highest BCUT2D eigenvalue weighted by Gasteiger charge is 2.32. The van der Waals surface area contributed by atoms with Crippen molar-refractivity contribution in [3.63, 3.8) is 0 Å². The lowest BCUT2D eigenvalue weighted by Gasteiger charge is -2.23. The van der Waals surface area contributed by atoms with Crippen LogP contribution in [0.1, 0.15) is 30.1 Å². The van der Waals surface area contributed by atoms with Gasteiger partial charge in [-0.3, -0.25) is 4.79 Å². The lowest BCUT2D eigenvalue weighted by atomic mass is 9.82. The Kier molecular flexibility index (Phi) is 2.81. The van der Waals surface area contributed by atoms with Crippen LogP contribution in [0.4, 0.5) is 0 Å². The summed E-state index contributed by atoms with van der Waals surface area (Å²) in [6.07, 6.45) is 6.98. The number of carbonyl (C=O) groups is 1. The Morgan fingerprint density at radius 1 is 1.42 bits per heavy atom. The number of fused-ring (bicyclic) bond motifs is 1. The average molecular weight is 257 g/mol. The van der Waals surface area contributed by atoms with Crippen LogP contribution in [-0.2, 0) is 4.79 Å². The first-order valence-electron chi connectivity index (χ1n) is 6.35. The third-order valence-corrected chi connectivity index (χ3v) is 3.59. The number of pyridine rings is 1. The van der Waals surface area contributed by atoms with E-state index in [1.165, 1.54) is 0 Å². The summed E-state index contributed by atoms with van der Waals surface area (Å²) in [5.74, 6) is -0.549. The summed E-state index contributed by atoms with van der Waals surface area (Å²) in [5, 5.41) is 9.30. The molecule has 2 aromatic heterocycles. The molecule has 5 heteroatoms. The summed E-state index contributed by atoms with van der Waals surface area (Å²) in [6, 6.07) is 1.98. The molecule has 2 aromatic rings. The maximum Gasteiger partial charge on any atom is 0.307 e. The number of aromatic nitrogens is 3. The number of aryl methyl sites for hydroxylation is 1. The zero-order valence-electron chi connectivity index (χ0n) is 10.6. The Morgan fingerprint density at radius 2 is 2.21 bits per heavy atom.